The van der Waals surface area contributed by atoms with Crippen LogP contribution in [-0.2, 0) is 19.7 Å². The monoisotopic (exact) mass is 478 g/mol. The molecule has 0 aromatic heterocycles. The van der Waals surface area contributed by atoms with Crippen molar-refractivity contribution in [1.82, 2.24) is 0 Å². The van der Waals surface area contributed by atoms with Crippen molar-refractivity contribution < 1.29 is 32.8 Å². The molecule has 0 amide bonds. The highest BCUT2D eigenvalue weighted by atomic mass is 32.2. The van der Waals surface area contributed by atoms with Crippen molar-refractivity contribution in [3.63, 3.8) is 0 Å². The molecule has 190 valence electrons. The maximum absolute atomic E-state index is 12.6. The molecule has 7 nitrogen and oxygen atoms in total. The van der Waals surface area contributed by atoms with Gasteiger partial charge >= 0.3 is 11.9 Å². The van der Waals surface area contributed by atoms with Crippen LogP contribution in [0, 0.1) is 29.1 Å². The smallest absolute Gasteiger partial charge is 0.325 e. The van der Waals surface area contributed by atoms with Gasteiger partial charge in [-0.1, -0.05) is 92.9 Å². The molecule has 32 heavy (non-hydrogen) atoms. The summed E-state index contributed by atoms with van der Waals surface area (Å²) in [4.78, 5) is 24.6. The molecule has 0 fully saturated rings. The summed E-state index contributed by atoms with van der Waals surface area (Å²) >= 11 is 0. The molecular weight excluding hydrogens is 432 g/mol. The quantitative estimate of drug-likeness (QED) is 0.166. The van der Waals surface area contributed by atoms with Crippen LogP contribution >= 0.6 is 0 Å². The summed E-state index contributed by atoms with van der Waals surface area (Å²) in [6, 6.07) is 0. The minimum absolute atomic E-state index is 0.390. The lowest BCUT2D eigenvalue weighted by molar-refractivity contribution is -0.164. The van der Waals surface area contributed by atoms with E-state index in [-0.39, 0.29) is 0 Å². The Bertz CT molecular complexity index is 646. The molecule has 3 unspecified atom stereocenters. The topological polar surface area (TPSA) is 129 Å². The highest BCUT2D eigenvalue weighted by Gasteiger charge is 2.61. The third-order valence-corrected chi connectivity index (χ3v) is 7.98. The van der Waals surface area contributed by atoms with E-state index in [1.165, 1.54) is 0 Å². The second-order valence-electron chi connectivity index (χ2n) is 10.3. The van der Waals surface area contributed by atoms with Crippen LogP contribution in [0.1, 0.15) is 106 Å². The Morgan fingerprint density at radius 1 is 0.688 bits per heavy atom. The lowest BCUT2D eigenvalue weighted by Gasteiger charge is -2.43. The maximum atomic E-state index is 12.6. The van der Waals surface area contributed by atoms with Crippen molar-refractivity contribution >= 4 is 22.1 Å². The molecule has 0 saturated carbocycles. The van der Waals surface area contributed by atoms with Crippen LogP contribution in [0.15, 0.2) is 0 Å². The zero-order chi connectivity index (χ0) is 25.1. The number of aliphatic carboxylic acids is 2. The van der Waals surface area contributed by atoms with E-state index in [9.17, 15) is 32.8 Å². The first-order chi connectivity index (χ1) is 14.7. The largest absolute Gasteiger partial charge is 0.481 e. The van der Waals surface area contributed by atoms with Gasteiger partial charge < -0.3 is 10.2 Å². The average Bonchev–Trinajstić information content (AvgIpc) is 2.62. The van der Waals surface area contributed by atoms with E-state index in [1.54, 1.807) is 13.8 Å². The molecule has 0 bridgehead atoms. The maximum Gasteiger partial charge on any atom is 0.325 e. The molecule has 0 saturated heterocycles. The second kappa shape index (κ2) is 14.2. The van der Waals surface area contributed by atoms with Crippen molar-refractivity contribution in [2.45, 2.75) is 111 Å². The predicted molar refractivity (Wildman–Crippen MR) is 127 cm³/mol. The van der Waals surface area contributed by atoms with Gasteiger partial charge in [0.1, 0.15) is 5.41 Å². The summed E-state index contributed by atoms with van der Waals surface area (Å²) in [7, 11) is -5.13. The van der Waals surface area contributed by atoms with Gasteiger partial charge in [-0.2, -0.15) is 8.42 Å². The number of hydrogen-bond donors (Lipinski definition) is 3. The van der Waals surface area contributed by atoms with Gasteiger partial charge in [0.2, 0.25) is 0 Å². The minimum Gasteiger partial charge on any atom is -0.481 e. The highest BCUT2D eigenvalue weighted by Crippen LogP contribution is 2.47. The fourth-order valence-corrected chi connectivity index (χ4v) is 6.26. The van der Waals surface area contributed by atoms with Crippen LogP contribution in [0.4, 0.5) is 0 Å². The Labute approximate surface area is 195 Å². The van der Waals surface area contributed by atoms with Gasteiger partial charge in [-0.3, -0.25) is 14.1 Å². The van der Waals surface area contributed by atoms with Crippen LogP contribution in [0.2, 0.25) is 0 Å². The van der Waals surface area contributed by atoms with E-state index >= 15 is 0 Å². The fourth-order valence-electron chi connectivity index (χ4n) is 4.95. The molecule has 0 aliphatic rings. The van der Waals surface area contributed by atoms with E-state index in [0.717, 1.165) is 38.5 Å². The van der Waals surface area contributed by atoms with E-state index < -0.39 is 44.6 Å². The molecule has 0 aromatic carbocycles. The zero-order valence-corrected chi connectivity index (χ0v) is 21.7. The third kappa shape index (κ3) is 9.38. The molecule has 0 heterocycles. The number of carboxylic acids is 2. The first-order valence-corrected chi connectivity index (χ1v) is 13.6. The van der Waals surface area contributed by atoms with Crippen molar-refractivity contribution in [3.8, 4) is 0 Å². The molecule has 0 radical (unpaired) electrons. The summed E-state index contributed by atoms with van der Waals surface area (Å²) in [6.45, 7) is 11.8. The molecule has 8 heteroatoms. The SMILES string of the molecule is CC(C)CCCCCC(C)C(C(=O)O)(C(C)CCCCCC(C)C)C(C(=O)O)S(=O)(=O)O. The molecule has 0 aromatic rings. The first-order valence-electron chi connectivity index (χ1n) is 12.1. The summed E-state index contributed by atoms with van der Waals surface area (Å²) in [5, 5.41) is 17.6. The van der Waals surface area contributed by atoms with Gasteiger partial charge in [0.05, 0.1) is 0 Å². The number of carbonyl (C=O) groups is 2. The predicted octanol–water partition coefficient (Wildman–Crippen LogP) is 5.88. The van der Waals surface area contributed by atoms with E-state index in [0.29, 0.717) is 37.5 Å². The van der Waals surface area contributed by atoms with E-state index in [4.69, 9.17) is 0 Å². The molecular formula is C24H46O7S. The van der Waals surface area contributed by atoms with Crippen molar-refractivity contribution in [2.75, 3.05) is 0 Å². The third-order valence-electron chi connectivity index (χ3n) is 6.79. The van der Waals surface area contributed by atoms with E-state index in [2.05, 4.69) is 27.7 Å². The second-order valence-corrected chi connectivity index (χ2v) is 11.8. The van der Waals surface area contributed by atoms with Gasteiger partial charge in [0, 0.05) is 0 Å². The van der Waals surface area contributed by atoms with Crippen molar-refractivity contribution in [3.05, 3.63) is 0 Å². The normalized spacial score (nSPS) is 17.2. The van der Waals surface area contributed by atoms with Gasteiger partial charge in [0.25, 0.3) is 10.1 Å². The van der Waals surface area contributed by atoms with Crippen LogP contribution in [0.25, 0.3) is 0 Å². The highest BCUT2D eigenvalue weighted by molar-refractivity contribution is 7.87. The van der Waals surface area contributed by atoms with E-state index in [1.807, 2.05) is 0 Å². The Hall–Kier alpha value is -1.15. The van der Waals surface area contributed by atoms with Crippen molar-refractivity contribution in [1.29, 1.82) is 0 Å². The van der Waals surface area contributed by atoms with Crippen LogP contribution in [-0.4, -0.2) is 40.4 Å². The van der Waals surface area contributed by atoms with Crippen LogP contribution in [0.5, 0.6) is 0 Å². The number of hydrogen-bond acceptors (Lipinski definition) is 4. The van der Waals surface area contributed by atoms with Gasteiger partial charge in [-0.15, -0.1) is 0 Å². The number of carboxylic acid groups (broad SMARTS) is 2. The number of unbranched alkanes of at least 4 members (excludes halogenated alkanes) is 4. The minimum atomic E-state index is -5.13. The summed E-state index contributed by atoms with van der Waals surface area (Å²) in [6.07, 6.45) is 7.94. The standard InChI is InChI=1S/C24H46O7S/c1-17(2)13-9-7-11-15-19(5)24(23(27)28,21(22(25)26)32(29,30)31)20(6)16-12-8-10-14-18(3)4/h17-21H,7-16H2,1-6H3,(H,25,26)(H,27,28)(H,29,30,31). The lowest BCUT2D eigenvalue weighted by atomic mass is 9.62. The Morgan fingerprint density at radius 3 is 1.28 bits per heavy atom. The molecule has 3 atom stereocenters. The average molecular weight is 479 g/mol. The molecule has 3 N–H and O–H groups in total. The molecule has 0 spiro atoms. The summed E-state index contributed by atoms with van der Waals surface area (Å²) in [5.41, 5.74) is -2.10. The Morgan fingerprint density at radius 2 is 1.03 bits per heavy atom. The van der Waals surface area contributed by atoms with Gasteiger partial charge in [0.15, 0.2) is 5.25 Å². The molecule has 0 aliphatic carbocycles. The zero-order valence-electron chi connectivity index (χ0n) is 20.8. The molecule has 0 aliphatic heterocycles. The number of rotatable bonds is 18. The summed E-state index contributed by atoms with van der Waals surface area (Å²) < 4.78 is 34.1. The van der Waals surface area contributed by atoms with Gasteiger partial charge in [-0.05, 0) is 36.5 Å². The fraction of sp³-hybridized carbons (Fsp3) is 0.917. The van der Waals surface area contributed by atoms with Crippen LogP contribution in [0.3, 0.4) is 0 Å². The summed E-state index contributed by atoms with van der Waals surface area (Å²) in [5.74, 6) is -3.60. The Balaban J connectivity index is 5.79. The first kappa shape index (κ1) is 30.9. The van der Waals surface area contributed by atoms with Crippen LogP contribution < -0.4 is 0 Å². The lowest BCUT2D eigenvalue weighted by Crippen LogP contribution is -2.58. The Kier molecular flexibility index (Phi) is 13.7. The van der Waals surface area contributed by atoms with Crippen molar-refractivity contribution in [2.24, 2.45) is 29.1 Å². The molecule has 0 rings (SSSR count). The van der Waals surface area contributed by atoms with Gasteiger partial charge in [-0.25, -0.2) is 0 Å².